The summed E-state index contributed by atoms with van der Waals surface area (Å²) >= 11 is 0. The van der Waals surface area contributed by atoms with Crippen LogP contribution in [0.1, 0.15) is 48.0 Å². The molecule has 4 rings (SSSR count). The number of hydrogen-bond acceptors (Lipinski definition) is 5. The predicted molar refractivity (Wildman–Crippen MR) is 117 cm³/mol. The van der Waals surface area contributed by atoms with Gasteiger partial charge in [0.25, 0.3) is 21.8 Å². The number of nitrogens with one attached hydrogen (secondary N) is 3. The third-order valence-corrected chi connectivity index (χ3v) is 7.14. The van der Waals surface area contributed by atoms with Crippen LogP contribution in [0.3, 0.4) is 0 Å². The average Bonchev–Trinajstić information content (AvgIpc) is 2.98. The van der Waals surface area contributed by atoms with Crippen molar-refractivity contribution >= 4 is 33.6 Å². The Morgan fingerprint density at radius 1 is 1.03 bits per heavy atom. The van der Waals surface area contributed by atoms with E-state index in [0.717, 1.165) is 24.8 Å². The normalized spacial score (nSPS) is 17.8. The Labute approximate surface area is 186 Å². The lowest BCUT2D eigenvalue weighted by atomic mass is 9.82. The summed E-state index contributed by atoms with van der Waals surface area (Å²) < 4.78 is 28.0. The maximum atomic E-state index is 12.8. The fourth-order valence-electron chi connectivity index (χ4n) is 4.11. The van der Waals surface area contributed by atoms with Crippen molar-refractivity contribution in [3.05, 3.63) is 59.7 Å². The van der Waals surface area contributed by atoms with E-state index in [1.165, 1.54) is 24.3 Å². The lowest BCUT2D eigenvalue weighted by molar-refractivity contribution is -0.134. The standard InChI is InChI=1S/C22H24N4O5S/c1-15-7-5-9-17(13-15)25-32(30,31)18-10-6-8-16(14-18)19(27)24-26-20(28)22(23-21(26)29)11-3-2-4-12-22/h5-10,13-14,25H,2-4,11-12H2,1H3,(H,23,29)(H,24,27). The number of hydrazine groups is 1. The number of amides is 4. The molecular formula is C22H24N4O5S. The summed E-state index contributed by atoms with van der Waals surface area (Å²) in [5.74, 6) is -1.24. The topological polar surface area (TPSA) is 125 Å². The van der Waals surface area contributed by atoms with Crippen molar-refractivity contribution in [1.82, 2.24) is 15.8 Å². The fourth-order valence-corrected chi connectivity index (χ4v) is 5.20. The fraction of sp³-hybridized carbons (Fsp3) is 0.318. The number of aryl methyl sites for hydroxylation is 1. The molecule has 2 fully saturated rings. The van der Waals surface area contributed by atoms with Crippen molar-refractivity contribution in [3.63, 3.8) is 0 Å². The van der Waals surface area contributed by atoms with Crippen molar-refractivity contribution in [3.8, 4) is 0 Å². The number of hydrogen-bond donors (Lipinski definition) is 3. The highest BCUT2D eigenvalue weighted by Crippen LogP contribution is 2.33. The molecule has 0 aromatic heterocycles. The molecule has 0 bridgehead atoms. The average molecular weight is 457 g/mol. The molecule has 1 saturated carbocycles. The van der Waals surface area contributed by atoms with Crippen LogP contribution in [0, 0.1) is 6.92 Å². The molecule has 9 nitrogen and oxygen atoms in total. The minimum atomic E-state index is -3.95. The quantitative estimate of drug-likeness (QED) is 0.597. The molecule has 3 N–H and O–H groups in total. The number of imide groups is 1. The van der Waals surface area contributed by atoms with Crippen molar-refractivity contribution in [1.29, 1.82) is 0 Å². The Balaban J connectivity index is 1.51. The third kappa shape index (κ3) is 4.18. The zero-order chi connectivity index (χ0) is 22.9. The van der Waals surface area contributed by atoms with Crippen molar-refractivity contribution in [2.75, 3.05) is 4.72 Å². The largest absolute Gasteiger partial charge is 0.344 e. The first kappa shape index (κ1) is 21.8. The van der Waals surface area contributed by atoms with Gasteiger partial charge in [0.1, 0.15) is 5.54 Å². The Bertz CT molecular complexity index is 1190. The molecule has 2 aliphatic rings. The molecule has 1 aliphatic heterocycles. The highest BCUT2D eigenvalue weighted by molar-refractivity contribution is 7.92. The first-order valence-corrected chi connectivity index (χ1v) is 11.9. The van der Waals surface area contributed by atoms with Gasteiger partial charge in [0.05, 0.1) is 4.90 Å². The van der Waals surface area contributed by atoms with Gasteiger partial charge in [-0.2, -0.15) is 5.01 Å². The molecule has 1 heterocycles. The molecule has 168 valence electrons. The van der Waals surface area contributed by atoms with E-state index in [1.54, 1.807) is 18.2 Å². The van der Waals surface area contributed by atoms with Gasteiger partial charge >= 0.3 is 6.03 Å². The van der Waals surface area contributed by atoms with Gasteiger partial charge in [-0.1, -0.05) is 37.5 Å². The van der Waals surface area contributed by atoms with Crippen LogP contribution in [0.5, 0.6) is 0 Å². The molecule has 10 heteroatoms. The van der Waals surface area contributed by atoms with E-state index in [4.69, 9.17) is 0 Å². The second kappa shape index (κ2) is 8.27. The number of sulfonamides is 1. The summed E-state index contributed by atoms with van der Waals surface area (Å²) in [5, 5.41) is 3.40. The Morgan fingerprint density at radius 2 is 1.75 bits per heavy atom. The summed E-state index contributed by atoms with van der Waals surface area (Å²) in [4.78, 5) is 37.8. The van der Waals surface area contributed by atoms with E-state index in [2.05, 4.69) is 15.5 Å². The van der Waals surface area contributed by atoms with Crippen molar-refractivity contribution in [2.45, 2.75) is 49.5 Å². The van der Waals surface area contributed by atoms with Crippen LogP contribution < -0.4 is 15.5 Å². The van der Waals surface area contributed by atoms with Crippen LogP contribution in [-0.4, -0.2) is 36.8 Å². The van der Waals surface area contributed by atoms with Crippen LogP contribution in [0.15, 0.2) is 53.4 Å². The second-order valence-electron chi connectivity index (χ2n) is 8.16. The van der Waals surface area contributed by atoms with Crippen molar-refractivity contribution in [2.24, 2.45) is 0 Å². The van der Waals surface area contributed by atoms with Gasteiger partial charge in [-0.25, -0.2) is 13.2 Å². The Hall–Kier alpha value is -3.40. The van der Waals surface area contributed by atoms with E-state index < -0.39 is 33.4 Å². The van der Waals surface area contributed by atoms with Crippen LogP contribution in [0.25, 0.3) is 0 Å². The Morgan fingerprint density at radius 3 is 2.47 bits per heavy atom. The SMILES string of the molecule is Cc1cccc(NS(=O)(=O)c2cccc(C(=O)NN3C(=O)NC4(CCCCC4)C3=O)c2)c1. The maximum Gasteiger partial charge on any atom is 0.344 e. The zero-order valence-corrected chi connectivity index (χ0v) is 18.4. The first-order valence-electron chi connectivity index (χ1n) is 10.4. The van der Waals surface area contributed by atoms with Gasteiger partial charge < -0.3 is 5.32 Å². The van der Waals surface area contributed by atoms with Gasteiger partial charge in [-0.15, -0.1) is 0 Å². The summed E-state index contributed by atoms with van der Waals surface area (Å²) in [6.45, 7) is 1.84. The van der Waals surface area contributed by atoms with E-state index in [9.17, 15) is 22.8 Å². The molecule has 0 radical (unpaired) electrons. The minimum absolute atomic E-state index is 0.00214. The monoisotopic (exact) mass is 456 g/mol. The van der Waals surface area contributed by atoms with Gasteiger partial charge in [-0.3, -0.25) is 19.7 Å². The Kier molecular flexibility index (Phi) is 5.64. The van der Waals surface area contributed by atoms with Gasteiger partial charge in [0.2, 0.25) is 0 Å². The molecule has 2 aromatic carbocycles. The number of carbonyl (C=O) groups excluding carboxylic acids is 3. The smallest absolute Gasteiger partial charge is 0.322 e. The molecule has 4 amide bonds. The van der Waals surface area contributed by atoms with E-state index in [-0.39, 0.29) is 10.5 Å². The van der Waals surface area contributed by atoms with E-state index in [0.29, 0.717) is 23.5 Å². The summed E-state index contributed by atoms with van der Waals surface area (Å²) in [5.41, 5.74) is 2.65. The van der Waals surface area contributed by atoms with Gasteiger partial charge in [0, 0.05) is 11.3 Å². The number of carbonyl (C=O) groups is 3. The molecule has 1 aliphatic carbocycles. The van der Waals surface area contributed by atoms with Gasteiger partial charge in [-0.05, 0) is 55.7 Å². The third-order valence-electron chi connectivity index (χ3n) is 5.76. The second-order valence-corrected chi connectivity index (χ2v) is 9.84. The number of anilines is 1. The highest BCUT2D eigenvalue weighted by Gasteiger charge is 2.52. The lowest BCUT2D eigenvalue weighted by Gasteiger charge is -2.30. The predicted octanol–water partition coefficient (Wildman–Crippen LogP) is 2.70. The molecule has 32 heavy (non-hydrogen) atoms. The molecule has 1 saturated heterocycles. The molecule has 1 spiro atoms. The maximum absolute atomic E-state index is 12.8. The molecule has 0 unspecified atom stereocenters. The first-order chi connectivity index (χ1) is 15.2. The summed E-state index contributed by atoms with van der Waals surface area (Å²) in [7, 11) is -3.95. The molecule has 0 atom stereocenters. The minimum Gasteiger partial charge on any atom is -0.322 e. The van der Waals surface area contributed by atoms with Gasteiger partial charge in [0.15, 0.2) is 0 Å². The zero-order valence-electron chi connectivity index (χ0n) is 17.6. The molecule has 2 aromatic rings. The number of benzene rings is 2. The van der Waals surface area contributed by atoms with Crippen LogP contribution in [0.2, 0.25) is 0 Å². The van der Waals surface area contributed by atoms with Crippen molar-refractivity contribution < 1.29 is 22.8 Å². The highest BCUT2D eigenvalue weighted by atomic mass is 32.2. The molecular weight excluding hydrogens is 432 g/mol. The van der Waals surface area contributed by atoms with Crippen LogP contribution in [-0.2, 0) is 14.8 Å². The lowest BCUT2D eigenvalue weighted by Crippen LogP contribution is -2.50. The summed E-state index contributed by atoms with van der Waals surface area (Å²) in [6.07, 6.45) is 3.70. The van der Waals surface area contributed by atoms with Crippen LogP contribution in [0.4, 0.5) is 10.5 Å². The van der Waals surface area contributed by atoms with E-state index in [1.807, 2.05) is 13.0 Å². The van der Waals surface area contributed by atoms with E-state index >= 15 is 0 Å². The number of urea groups is 1. The number of nitrogens with zero attached hydrogens (tertiary/aromatic N) is 1. The summed E-state index contributed by atoms with van der Waals surface area (Å²) in [6, 6.07) is 11.6. The number of rotatable bonds is 5. The van der Waals surface area contributed by atoms with Crippen LogP contribution >= 0.6 is 0 Å².